The molecule has 0 bridgehead atoms. The van der Waals surface area contributed by atoms with Crippen molar-refractivity contribution in [3.63, 3.8) is 0 Å². The number of aromatic nitrogens is 6. The summed E-state index contributed by atoms with van der Waals surface area (Å²) in [4.78, 5) is 18.9. The molecule has 2 aromatic carbocycles. The van der Waals surface area contributed by atoms with E-state index < -0.39 is 29.3 Å². The highest BCUT2D eigenvalue weighted by atomic mass is 19.1. The fourth-order valence-corrected chi connectivity index (χ4v) is 6.71. The van der Waals surface area contributed by atoms with Gasteiger partial charge in [0.15, 0.2) is 0 Å². The highest BCUT2D eigenvalue weighted by molar-refractivity contribution is 5.54. The minimum atomic E-state index is -1.68. The number of hydrogen-bond acceptors (Lipinski definition) is 9. The van der Waals surface area contributed by atoms with Gasteiger partial charge in [-0.3, -0.25) is 4.57 Å². The Kier molecular flexibility index (Phi) is 9.31. The zero-order valence-corrected chi connectivity index (χ0v) is 28.4. The molecule has 0 saturated carbocycles. The predicted octanol–water partition coefficient (Wildman–Crippen LogP) is 4.88. The van der Waals surface area contributed by atoms with E-state index in [0.29, 0.717) is 5.75 Å². The molecule has 50 heavy (non-hydrogen) atoms. The molecule has 14 heteroatoms. The van der Waals surface area contributed by atoms with Gasteiger partial charge in [0.1, 0.15) is 43.3 Å². The van der Waals surface area contributed by atoms with E-state index in [1.807, 2.05) is 55.5 Å². The highest BCUT2D eigenvalue weighted by Gasteiger charge is 2.59. The van der Waals surface area contributed by atoms with Gasteiger partial charge in [0.25, 0.3) is 0 Å². The molecule has 3 unspecified atom stereocenters. The Morgan fingerprint density at radius 1 is 0.960 bits per heavy atom. The molecule has 2 aliphatic heterocycles. The van der Waals surface area contributed by atoms with Crippen LogP contribution in [-0.2, 0) is 16.0 Å². The number of hydrogen-bond donors (Lipinski definition) is 0. The SMILES string of the molecule is CCC(C)n1cnn(-c2ccc(N3CCN(c4ccc(OC[C@@H]5CO[C@@](Cn6nccn6)(C6(C)C=CC(F)=CC6F)O5)cc4)CC3)cc2)c1=O. The van der Waals surface area contributed by atoms with Crippen LogP contribution in [0.3, 0.4) is 0 Å². The van der Waals surface area contributed by atoms with Crippen LogP contribution in [0.1, 0.15) is 33.2 Å². The number of alkyl halides is 1. The number of ether oxygens (including phenoxy) is 3. The first-order valence-electron chi connectivity index (χ1n) is 17.0. The molecular weight excluding hydrogens is 646 g/mol. The molecule has 5 atom stereocenters. The van der Waals surface area contributed by atoms with Gasteiger partial charge in [0.05, 0.1) is 30.1 Å². The van der Waals surface area contributed by atoms with E-state index in [1.165, 1.54) is 34.0 Å². The molecule has 4 aromatic rings. The minimum absolute atomic E-state index is 0.0204. The molecule has 4 heterocycles. The number of anilines is 2. The maximum Gasteiger partial charge on any atom is 0.350 e. The minimum Gasteiger partial charge on any atom is -0.491 e. The summed E-state index contributed by atoms with van der Waals surface area (Å²) in [5.74, 6) is -1.44. The van der Waals surface area contributed by atoms with Crippen molar-refractivity contribution in [2.45, 2.75) is 57.8 Å². The maximum atomic E-state index is 15.4. The van der Waals surface area contributed by atoms with Crippen molar-refractivity contribution in [1.29, 1.82) is 0 Å². The molecule has 0 N–H and O–H groups in total. The molecule has 0 amide bonds. The lowest BCUT2D eigenvalue weighted by Gasteiger charge is -2.44. The number of benzene rings is 2. The molecule has 7 rings (SSSR count). The van der Waals surface area contributed by atoms with Crippen LogP contribution in [-0.4, -0.2) is 86.8 Å². The van der Waals surface area contributed by atoms with Gasteiger partial charge in [-0.05, 0) is 81.0 Å². The Hall–Kier alpha value is -4.82. The first-order chi connectivity index (χ1) is 24.2. The Balaban J connectivity index is 0.928. The summed E-state index contributed by atoms with van der Waals surface area (Å²) in [5.41, 5.74) is 1.50. The van der Waals surface area contributed by atoms with E-state index in [2.05, 4.69) is 32.0 Å². The molecule has 1 aliphatic carbocycles. The monoisotopic (exact) mass is 688 g/mol. The van der Waals surface area contributed by atoms with E-state index in [-0.39, 0.29) is 31.5 Å². The second-order valence-corrected chi connectivity index (χ2v) is 13.2. The van der Waals surface area contributed by atoms with Gasteiger partial charge >= 0.3 is 5.69 Å². The van der Waals surface area contributed by atoms with Crippen molar-refractivity contribution >= 4 is 11.4 Å². The summed E-state index contributed by atoms with van der Waals surface area (Å²) in [7, 11) is 0. The molecule has 0 radical (unpaired) electrons. The van der Waals surface area contributed by atoms with Crippen molar-refractivity contribution in [2.24, 2.45) is 5.41 Å². The number of halogens is 2. The molecule has 264 valence electrons. The smallest absolute Gasteiger partial charge is 0.350 e. The fraction of sp³-hybridized carbons (Fsp3) is 0.444. The summed E-state index contributed by atoms with van der Waals surface area (Å²) in [5, 5.41) is 12.6. The van der Waals surface area contributed by atoms with Crippen molar-refractivity contribution in [3.8, 4) is 11.4 Å². The standard InChI is InChI=1S/C36H42F2N8O4/c1-4-26(2)44-25-41-46(34(44)47)30-7-5-28(6-8-30)42-17-19-43(20-18-42)29-9-11-31(12-10-29)48-22-32-23-49-36(50-32,24-45-39-15-16-40-45)35(3)14-13-27(37)21-33(35)38/h5-16,21,25-26,32-33H,4,17-20,22-24H2,1-3H3/t26?,32-,33?,35?,36-/m1/s1. The van der Waals surface area contributed by atoms with Gasteiger partial charge in [0, 0.05) is 43.6 Å². The van der Waals surface area contributed by atoms with Gasteiger partial charge < -0.3 is 24.0 Å². The van der Waals surface area contributed by atoms with Crippen molar-refractivity contribution in [2.75, 3.05) is 49.2 Å². The summed E-state index contributed by atoms with van der Waals surface area (Å²) in [6, 6.07) is 16.0. The Labute approximate surface area is 289 Å². The van der Waals surface area contributed by atoms with E-state index >= 15 is 4.39 Å². The van der Waals surface area contributed by atoms with Gasteiger partial charge in [-0.15, -0.1) is 0 Å². The summed E-state index contributed by atoms with van der Waals surface area (Å²) in [6.07, 6.45) is 6.97. The number of rotatable bonds is 11. The van der Waals surface area contributed by atoms with Crippen LogP contribution in [0.4, 0.5) is 20.2 Å². The predicted molar refractivity (Wildman–Crippen MR) is 184 cm³/mol. The lowest BCUT2D eigenvalue weighted by atomic mass is 9.74. The molecular formula is C36H42F2N8O4. The topological polar surface area (TPSA) is 105 Å². The third-order valence-corrected chi connectivity index (χ3v) is 10.1. The van der Waals surface area contributed by atoms with Gasteiger partial charge in [0.2, 0.25) is 5.79 Å². The third kappa shape index (κ3) is 6.44. The van der Waals surface area contributed by atoms with Gasteiger partial charge in [-0.2, -0.15) is 24.8 Å². The lowest BCUT2D eigenvalue weighted by molar-refractivity contribution is -0.250. The zero-order chi connectivity index (χ0) is 34.9. The molecule has 0 spiro atoms. The quantitative estimate of drug-likeness (QED) is 0.218. The van der Waals surface area contributed by atoms with Crippen molar-refractivity contribution in [1.82, 2.24) is 29.3 Å². The molecule has 2 aromatic heterocycles. The van der Waals surface area contributed by atoms with Gasteiger partial charge in [-0.1, -0.05) is 13.0 Å². The highest BCUT2D eigenvalue weighted by Crippen LogP contribution is 2.48. The number of nitrogens with zero attached hydrogens (tertiary/aromatic N) is 8. The normalized spacial score (nSPS) is 25.9. The summed E-state index contributed by atoms with van der Waals surface area (Å²) in [6.45, 7) is 9.48. The molecule has 3 aliphatic rings. The zero-order valence-electron chi connectivity index (χ0n) is 28.4. The lowest BCUT2D eigenvalue weighted by Crippen LogP contribution is -2.55. The van der Waals surface area contributed by atoms with Crippen LogP contribution >= 0.6 is 0 Å². The Morgan fingerprint density at radius 3 is 2.20 bits per heavy atom. The Morgan fingerprint density at radius 2 is 1.58 bits per heavy atom. The molecule has 2 fully saturated rings. The fourth-order valence-electron chi connectivity index (χ4n) is 6.71. The van der Waals surface area contributed by atoms with Crippen LogP contribution in [0.2, 0.25) is 0 Å². The van der Waals surface area contributed by atoms with E-state index in [4.69, 9.17) is 14.2 Å². The van der Waals surface area contributed by atoms with Crippen LogP contribution in [0, 0.1) is 5.41 Å². The summed E-state index contributed by atoms with van der Waals surface area (Å²) >= 11 is 0. The van der Waals surface area contributed by atoms with E-state index in [0.717, 1.165) is 55.7 Å². The average molecular weight is 689 g/mol. The van der Waals surface area contributed by atoms with Crippen LogP contribution < -0.4 is 20.2 Å². The van der Waals surface area contributed by atoms with Gasteiger partial charge in [-0.25, -0.2) is 13.6 Å². The van der Waals surface area contributed by atoms with Crippen LogP contribution in [0.5, 0.6) is 5.75 Å². The van der Waals surface area contributed by atoms with Crippen LogP contribution in [0.25, 0.3) is 5.69 Å². The first-order valence-corrected chi connectivity index (χ1v) is 17.0. The number of allylic oxidation sites excluding steroid dienone is 3. The van der Waals surface area contributed by atoms with Crippen LogP contribution in [0.15, 0.2) is 96.1 Å². The maximum absolute atomic E-state index is 15.4. The molecule has 2 saturated heterocycles. The summed E-state index contributed by atoms with van der Waals surface area (Å²) < 4.78 is 51.0. The van der Waals surface area contributed by atoms with Crippen molar-refractivity contribution in [3.05, 3.63) is 102 Å². The average Bonchev–Trinajstić information content (AvgIpc) is 3.90. The van der Waals surface area contributed by atoms with E-state index in [9.17, 15) is 9.18 Å². The Bertz CT molecular complexity index is 1870. The van der Waals surface area contributed by atoms with E-state index in [1.54, 1.807) is 17.8 Å². The largest absolute Gasteiger partial charge is 0.491 e. The first kappa shape index (κ1) is 33.7. The molecule has 12 nitrogen and oxygen atoms in total. The van der Waals surface area contributed by atoms with Crippen molar-refractivity contribution < 1.29 is 23.0 Å². The second-order valence-electron chi connectivity index (χ2n) is 13.2. The third-order valence-electron chi connectivity index (χ3n) is 10.1. The second kappa shape index (κ2) is 13.8. The number of piperazine rings is 1.